The van der Waals surface area contributed by atoms with E-state index in [0.29, 0.717) is 18.8 Å². The van der Waals surface area contributed by atoms with Crippen molar-refractivity contribution in [2.45, 2.75) is 31.7 Å². The highest BCUT2D eigenvalue weighted by molar-refractivity contribution is 5.88. The molecule has 1 fully saturated rings. The topological polar surface area (TPSA) is 87.5 Å². The lowest BCUT2D eigenvalue weighted by molar-refractivity contribution is -0.141. The Bertz CT molecular complexity index is 539. The molecule has 1 amide bonds. The molecule has 23 heavy (non-hydrogen) atoms. The van der Waals surface area contributed by atoms with E-state index in [-0.39, 0.29) is 18.5 Å². The van der Waals surface area contributed by atoms with Crippen LogP contribution in [0.25, 0.3) is 10.4 Å². The SMILES string of the molecule is COC[C@@H]1CCCN1C(=O)[C@]1(CCN=[N+]=[N-])C=CCC=C1OC. The molecule has 0 bridgehead atoms. The molecule has 1 aliphatic carbocycles. The zero-order valence-corrected chi connectivity index (χ0v) is 13.8. The minimum atomic E-state index is -0.877. The first kappa shape index (κ1) is 17.4. The molecule has 7 heteroatoms. The van der Waals surface area contributed by atoms with Gasteiger partial charge >= 0.3 is 0 Å². The Morgan fingerprint density at radius 3 is 3.09 bits per heavy atom. The number of nitrogens with zero attached hydrogens (tertiary/aromatic N) is 4. The molecule has 0 aromatic rings. The first-order valence-corrected chi connectivity index (χ1v) is 7.92. The normalized spacial score (nSPS) is 26.6. The van der Waals surface area contributed by atoms with Crippen LogP contribution in [0.1, 0.15) is 25.7 Å². The van der Waals surface area contributed by atoms with Gasteiger partial charge in [-0.3, -0.25) is 4.79 Å². The molecule has 1 heterocycles. The average Bonchev–Trinajstić information content (AvgIpc) is 3.03. The Morgan fingerprint density at radius 1 is 1.57 bits per heavy atom. The van der Waals surface area contributed by atoms with Crippen LogP contribution in [0.3, 0.4) is 0 Å². The second-order valence-corrected chi connectivity index (χ2v) is 5.84. The van der Waals surface area contributed by atoms with Crippen molar-refractivity contribution < 1.29 is 14.3 Å². The Kier molecular flexibility index (Phi) is 6.07. The summed E-state index contributed by atoms with van der Waals surface area (Å²) >= 11 is 0. The smallest absolute Gasteiger partial charge is 0.240 e. The molecular weight excluding hydrogens is 296 g/mol. The van der Waals surface area contributed by atoms with Crippen LogP contribution in [-0.2, 0) is 14.3 Å². The molecule has 0 radical (unpaired) electrons. The van der Waals surface area contributed by atoms with Gasteiger partial charge in [-0.1, -0.05) is 17.3 Å². The molecule has 0 N–H and O–H groups in total. The average molecular weight is 320 g/mol. The zero-order valence-electron chi connectivity index (χ0n) is 13.8. The lowest BCUT2D eigenvalue weighted by Gasteiger charge is -2.38. The van der Waals surface area contributed by atoms with Crippen molar-refractivity contribution >= 4 is 5.91 Å². The summed E-state index contributed by atoms with van der Waals surface area (Å²) in [6.45, 7) is 1.50. The maximum atomic E-state index is 13.3. The summed E-state index contributed by atoms with van der Waals surface area (Å²) in [6, 6.07) is 0.0947. The van der Waals surface area contributed by atoms with Gasteiger partial charge in [0.15, 0.2) is 0 Å². The Morgan fingerprint density at radius 2 is 2.39 bits per heavy atom. The van der Waals surface area contributed by atoms with Gasteiger partial charge in [0.25, 0.3) is 0 Å². The summed E-state index contributed by atoms with van der Waals surface area (Å²) in [5, 5.41) is 3.61. The quantitative estimate of drug-likeness (QED) is 0.313. The first-order valence-electron chi connectivity index (χ1n) is 7.92. The fourth-order valence-electron chi connectivity index (χ4n) is 3.46. The second-order valence-electron chi connectivity index (χ2n) is 5.84. The molecule has 126 valence electrons. The van der Waals surface area contributed by atoms with Crippen molar-refractivity contribution in [1.82, 2.24) is 4.90 Å². The van der Waals surface area contributed by atoms with Crippen molar-refractivity contribution in [1.29, 1.82) is 0 Å². The fraction of sp³-hybridized carbons (Fsp3) is 0.688. The van der Waals surface area contributed by atoms with Crippen LogP contribution in [0.5, 0.6) is 0 Å². The van der Waals surface area contributed by atoms with Crippen LogP contribution < -0.4 is 0 Å². The molecule has 1 aliphatic heterocycles. The number of rotatable bonds is 7. The number of carbonyl (C=O) groups is 1. The van der Waals surface area contributed by atoms with E-state index in [1.807, 2.05) is 23.1 Å². The number of carbonyl (C=O) groups excluding carboxylic acids is 1. The largest absolute Gasteiger partial charge is 0.500 e. The molecule has 2 atom stereocenters. The first-order chi connectivity index (χ1) is 11.2. The number of hydrogen-bond acceptors (Lipinski definition) is 4. The van der Waals surface area contributed by atoms with Crippen LogP contribution in [0.2, 0.25) is 0 Å². The highest BCUT2D eigenvalue weighted by atomic mass is 16.5. The predicted molar refractivity (Wildman–Crippen MR) is 86.5 cm³/mol. The second kappa shape index (κ2) is 8.04. The van der Waals surface area contributed by atoms with Crippen molar-refractivity contribution in [3.8, 4) is 0 Å². The number of azide groups is 1. The summed E-state index contributed by atoms with van der Waals surface area (Å²) in [5.74, 6) is 0.649. The van der Waals surface area contributed by atoms with Gasteiger partial charge in [-0.2, -0.15) is 0 Å². The Hall–Kier alpha value is -1.98. The monoisotopic (exact) mass is 320 g/mol. The number of likely N-dealkylation sites (tertiary alicyclic amines) is 1. The third-order valence-corrected chi connectivity index (χ3v) is 4.55. The molecule has 1 saturated heterocycles. The lowest BCUT2D eigenvalue weighted by atomic mass is 9.77. The van der Waals surface area contributed by atoms with E-state index in [1.165, 1.54) is 0 Å². The van der Waals surface area contributed by atoms with E-state index in [9.17, 15) is 4.79 Å². The van der Waals surface area contributed by atoms with E-state index in [0.717, 1.165) is 25.8 Å². The van der Waals surface area contributed by atoms with Gasteiger partial charge in [0.2, 0.25) is 5.91 Å². The van der Waals surface area contributed by atoms with Gasteiger partial charge in [-0.05, 0) is 37.3 Å². The van der Waals surface area contributed by atoms with E-state index >= 15 is 0 Å². The van der Waals surface area contributed by atoms with Crippen molar-refractivity contribution in [2.24, 2.45) is 10.5 Å². The summed E-state index contributed by atoms with van der Waals surface area (Å²) in [6.07, 6.45) is 8.86. The maximum Gasteiger partial charge on any atom is 0.240 e. The summed E-state index contributed by atoms with van der Waals surface area (Å²) in [4.78, 5) is 18.0. The molecule has 2 aliphatic rings. The number of amides is 1. The minimum absolute atomic E-state index is 0.00856. The number of hydrogen-bond donors (Lipinski definition) is 0. The third-order valence-electron chi connectivity index (χ3n) is 4.55. The highest BCUT2D eigenvalue weighted by Crippen LogP contribution is 2.40. The van der Waals surface area contributed by atoms with E-state index in [4.69, 9.17) is 15.0 Å². The number of ether oxygens (including phenoxy) is 2. The van der Waals surface area contributed by atoms with Gasteiger partial charge < -0.3 is 14.4 Å². The standard InChI is InChI=1S/C16H24N4O3/c1-22-12-13-6-5-11-20(13)15(21)16(9-10-18-19-17)8-4-3-7-14(16)23-2/h4,7-8,13H,3,5-6,9-12H2,1-2H3/t13-,16-/m0/s1. The molecule has 0 aromatic heterocycles. The van der Waals surface area contributed by atoms with Gasteiger partial charge in [-0.25, -0.2) is 0 Å². The van der Waals surface area contributed by atoms with Gasteiger partial charge in [-0.15, -0.1) is 0 Å². The third kappa shape index (κ3) is 3.51. The molecule has 0 aromatic carbocycles. The van der Waals surface area contributed by atoms with Gasteiger partial charge in [0.1, 0.15) is 11.2 Å². The molecule has 0 saturated carbocycles. The maximum absolute atomic E-state index is 13.3. The summed E-state index contributed by atoms with van der Waals surface area (Å²) in [5.41, 5.74) is 7.67. The molecule has 2 rings (SSSR count). The van der Waals surface area contributed by atoms with Crippen LogP contribution >= 0.6 is 0 Å². The fourth-order valence-corrected chi connectivity index (χ4v) is 3.46. The van der Waals surface area contributed by atoms with Crippen molar-refractivity contribution in [3.05, 3.63) is 34.4 Å². The Balaban J connectivity index is 2.30. The summed E-state index contributed by atoms with van der Waals surface area (Å²) < 4.78 is 10.8. The van der Waals surface area contributed by atoms with Crippen LogP contribution in [0.4, 0.5) is 0 Å². The molecular formula is C16H24N4O3. The lowest BCUT2D eigenvalue weighted by Crippen LogP contribution is -2.48. The van der Waals surface area contributed by atoms with E-state index in [2.05, 4.69) is 10.0 Å². The van der Waals surface area contributed by atoms with Gasteiger partial charge in [0, 0.05) is 25.1 Å². The van der Waals surface area contributed by atoms with E-state index < -0.39 is 5.41 Å². The number of methoxy groups -OCH3 is 2. The number of allylic oxidation sites excluding steroid dienone is 2. The molecule has 0 spiro atoms. The molecule has 0 unspecified atom stereocenters. The van der Waals surface area contributed by atoms with Crippen molar-refractivity contribution in [3.63, 3.8) is 0 Å². The van der Waals surface area contributed by atoms with Crippen LogP contribution in [0, 0.1) is 5.41 Å². The van der Waals surface area contributed by atoms with Crippen LogP contribution in [0.15, 0.2) is 29.1 Å². The zero-order chi connectivity index (χ0) is 16.7. The van der Waals surface area contributed by atoms with Crippen LogP contribution in [-0.4, -0.2) is 50.8 Å². The Labute approximate surface area is 136 Å². The summed E-state index contributed by atoms with van der Waals surface area (Å²) in [7, 11) is 3.23. The predicted octanol–water partition coefficient (Wildman–Crippen LogP) is 2.80. The van der Waals surface area contributed by atoms with Gasteiger partial charge in [0.05, 0.1) is 19.8 Å². The molecule has 7 nitrogen and oxygen atoms in total. The highest BCUT2D eigenvalue weighted by Gasteiger charge is 2.46. The van der Waals surface area contributed by atoms with Crippen molar-refractivity contribution in [2.75, 3.05) is 33.9 Å². The minimum Gasteiger partial charge on any atom is -0.500 e. The van der Waals surface area contributed by atoms with E-state index in [1.54, 1.807) is 14.2 Å².